The molecule has 0 bridgehead atoms. The first-order valence-corrected chi connectivity index (χ1v) is 7.94. The normalized spacial score (nSPS) is 16.0. The number of tetrazole rings is 1. The van der Waals surface area contributed by atoms with Crippen LogP contribution in [0.15, 0.2) is 23.0 Å². The Morgan fingerprint density at radius 2 is 2.00 bits per heavy atom. The minimum atomic E-state index is -0.289. The van der Waals surface area contributed by atoms with Crippen LogP contribution in [0.1, 0.15) is 38.2 Å². The molecule has 2 aromatic rings. The third-order valence-corrected chi connectivity index (χ3v) is 4.06. The first-order chi connectivity index (χ1) is 11.1. The van der Waals surface area contributed by atoms with Gasteiger partial charge in [0.25, 0.3) is 0 Å². The van der Waals surface area contributed by atoms with E-state index in [1.165, 1.54) is 9.36 Å². The van der Waals surface area contributed by atoms with Gasteiger partial charge >= 0.3 is 5.69 Å². The quantitative estimate of drug-likeness (QED) is 0.857. The van der Waals surface area contributed by atoms with Crippen molar-refractivity contribution in [3.8, 4) is 11.4 Å². The van der Waals surface area contributed by atoms with Crippen molar-refractivity contribution in [2.75, 3.05) is 13.2 Å². The molecule has 23 heavy (non-hydrogen) atoms. The largest absolute Gasteiger partial charge is 0.488 e. The van der Waals surface area contributed by atoms with Crippen LogP contribution in [0.25, 0.3) is 5.69 Å². The molecule has 1 aliphatic heterocycles. The average Bonchev–Trinajstić information content (AvgIpc) is 2.88. The minimum absolute atomic E-state index is 0.0970. The van der Waals surface area contributed by atoms with Crippen LogP contribution in [-0.4, -0.2) is 39.1 Å². The van der Waals surface area contributed by atoms with Crippen LogP contribution in [0.4, 0.5) is 0 Å². The number of ether oxygens (including phenoxy) is 2. The molecule has 1 fully saturated rings. The Balaban J connectivity index is 2.00. The number of hydrogen-bond donors (Lipinski definition) is 0. The summed E-state index contributed by atoms with van der Waals surface area (Å²) >= 11 is 0. The molecule has 0 spiro atoms. The molecule has 124 valence electrons. The summed E-state index contributed by atoms with van der Waals surface area (Å²) in [5.41, 5.74) is 1.47. The molecule has 3 rings (SSSR count). The van der Waals surface area contributed by atoms with Gasteiger partial charge in [-0.15, -0.1) is 0 Å². The summed E-state index contributed by atoms with van der Waals surface area (Å²) in [6.07, 6.45) is 1.79. The van der Waals surface area contributed by atoms with E-state index in [1.54, 1.807) is 7.05 Å². The Morgan fingerprint density at radius 3 is 2.61 bits per heavy atom. The fourth-order valence-electron chi connectivity index (χ4n) is 2.60. The van der Waals surface area contributed by atoms with Gasteiger partial charge in [-0.2, -0.15) is 9.36 Å². The molecule has 1 aliphatic rings. The molecule has 0 N–H and O–H groups in total. The summed E-state index contributed by atoms with van der Waals surface area (Å²) in [7, 11) is 1.58. The standard InChI is InChI=1S/C16H22N4O3/c1-11(2)12-4-5-15(23-13-6-8-22-9-7-13)14(10-12)20-16(21)19(3)17-18-20/h4-5,10-11,13H,6-9H2,1-3H3. The maximum atomic E-state index is 12.2. The summed E-state index contributed by atoms with van der Waals surface area (Å²) in [4.78, 5) is 12.2. The van der Waals surface area contributed by atoms with Gasteiger partial charge in [-0.05, 0) is 34.0 Å². The molecule has 7 heteroatoms. The Kier molecular flexibility index (Phi) is 4.47. The molecule has 1 saturated heterocycles. The smallest absolute Gasteiger partial charge is 0.368 e. The van der Waals surface area contributed by atoms with Crippen LogP contribution in [0.3, 0.4) is 0 Å². The number of benzene rings is 1. The number of aryl methyl sites for hydroxylation is 1. The lowest BCUT2D eigenvalue weighted by Crippen LogP contribution is -2.27. The maximum Gasteiger partial charge on any atom is 0.368 e. The molecule has 7 nitrogen and oxygen atoms in total. The summed E-state index contributed by atoms with van der Waals surface area (Å²) < 4.78 is 14.0. The zero-order valence-corrected chi connectivity index (χ0v) is 13.7. The Morgan fingerprint density at radius 1 is 1.26 bits per heavy atom. The van der Waals surface area contributed by atoms with Crippen LogP contribution in [0, 0.1) is 0 Å². The van der Waals surface area contributed by atoms with Gasteiger partial charge in [0.15, 0.2) is 0 Å². The van der Waals surface area contributed by atoms with Gasteiger partial charge in [0.2, 0.25) is 0 Å². The van der Waals surface area contributed by atoms with Crippen LogP contribution >= 0.6 is 0 Å². The number of aromatic nitrogens is 4. The van der Waals surface area contributed by atoms with Gasteiger partial charge in [0, 0.05) is 19.9 Å². The van der Waals surface area contributed by atoms with E-state index in [1.807, 2.05) is 18.2 Å². The van der Waals surface area contributed by atoms with E-state index in [2.05, 4.69) is 24.3 Å². The molecule has 0 amide bonds. The molecule has 2 heterocycles. The Bertz CT molecular complexity index is 729. The molecule has 0 aliphatic carbocycles. The van der Waals surface area contributed by atoms with E-state index in [4.69, 9.17) is 9.47 Å². The van der Waals surface area contributed by atoms with Gasteiger partial charge < -0.3 is 9.47 Å². The Hall–Kier alpha value is -2.15. The second-order valence-electron chi connectivity index (χ2n) is 6.11. The SMILES string of the molecule is CC(C)c1ccc(OC2CCOCC2)c(-n2nnn(C)c2=O)c1. The molecule has 1 aromatic carbocycles. The van der Waals surface area contributed by atoms with Crippen molar-refractivity contribution in [1.82, 2.24) is 19.8 Å². The zero-order valence-electron chi connectivity index (χ0n) is 13.7. The molecular formula is C16H22N4O3. The van der Waals surface area contributed by atoms with Crippen LogP contribution in [0.5, 0.6) is 5.75 Å². The van der Waals surface area contributed by atoms with Crippen LogP contribution in [0.2, 0.25) is 0 Å². The predicted molar refractivity (Wildman–Crippen MR) is 85.2 cm³/mol. The van der Waals surface area contributed by atoms with Crippen LogP contribution in [-0.2, 0) is 11.8 Å². The molecular weight excluding hydrogens is 296 g/mol. The highest BCUT2D eigenvalue weighted by molar-refractivity contribution is 5.49. The van der Waals surface area contributed by atoms with Gasteiger partial charge in [-0.1, -0.05) is 19.9 Å². The number of hydrogen-bond acceptors (Lipinski definition) is 5. The highest BCUT2D eigenvalue weighted by atomic mass is 16.5. The predicted octanol–water partition coefficient (Wildman–Crippen LogP) is 1.65. The van der Waals surface area contributed by atoms with Crippen molar-refractivity contribution in [1.29, 1.82) is 0 Å². The molecule has 1 aromatic heterocycles. The second-order valence-corrected chi connectivity index (χ2v) is 6.11. The second kappa shape index (κ2) is 6.54. The van der Waals surface area contributed by atoms with Crippen molar-refractivity contribution >= 4 is 0 Å². The highest BCUT2D eigenvalue weighted by Gasteiger charge is 2.20. The van der Waals surface area contributed by atoms with Gasteiger partial charge in [0.1, 0.15) is 17.5 Å². The van der Waals surface area contributed by atoms with Crippen molar-refractivity contribution < 1.29 is 9.47 Å². The van der Waals surface area contributed by atoms with E-state index >= 15 is 0 Å². The lowest BCUT2D eigenvalue weighted by atomic mass is 10.0. The number of rotatable bonds is 4. The van der Waals surface area contributed by atoms with Crippen molar-refractivity contribution in [3.63, 3.8) is 0 Å². The monoisotopic (exact) mass is 318 g/mol. The Labute approximate surface area is 134 Å². The average molecular weight is 318 g/mol. The first-order valence-electron chi connectivity index (χ1n) is 7.94. The van der Waals surface area contributed by atoms with Gasteiger partial charge in [-0.25, -0.2) is 4.79 Å². The van der Waals surface area contributed by atoms with Crippen molar-refractivity contribution in [3.05, 3.63) is 34.2 Å². The number of nitrogens with zero attached hydrogens (tertiary/aromatic N) is 4. The van der Waals surface area contributed by atoms with Gasteiger partial charge in [-0.3, -0.25) is 0 Å². The third-order valence-electron chi connectivity index (χ3n) is 4.06. The fraction of sp³-hybridized carbons (Fsp3) is 0.562. The maximum absolute atomic E-state index is 12.2. The van der Waals surface area contributed by atoms with Crippen molar-refractivity contribution in [2.24, 2.45) is 7.05 Å². The van der Waals surface area contributed by atoms with Crippen LogP contribution < -0.4 is 10.4 Å². The minimum Gasteiger partial charge on any atom is -0.488 e. The molecule has 0 unspecified atom stereocenters. The summed E-state index contributed by atoms with van der Waals surface area (Å²) in [6, 6.07) is 5.90. The van der Waals surface area contributed by atoms with E-state index < -0.39 is 0 Å². The van der Waals surface area contributed by atoms with E-state index in [0.29, 0.717) is 30.6 Å². The van der Waals surface area contributed by atoms with E-state index in [-0.39, 0.29) is 11.8 Å². The topological polar surface area (TPSA) is 71.2 Å². The molecule has 0 radical (unpaired) electrons. The highest BCUT2D eigenvalue weighted by Crippen LogP contribution is 2.28. The first kappa shape index (κ1) is 15.7. The van der Waals surface area contributed by atoms with Crippen molar-refractivity contribution in [2.45, 2.75) is 38.7 Å². The third kappa shape index (κ3) is 3.29. The van der Waals surface area contributed by atoms with Gasteiger partial charge in [0.05, 0.1) is 13.2 Å². The zero-order chi connectivity index (χ0) is 16.4. The lowest BCUT2D eigenvalue weighted by Gasteiger charge is -2.24. The summed E-state index contributed by atoms with van der Waals surface area (Å²) in [5.74, 6) is 1.00. The fourth-order valence-corrected chi connectivity index (χ4v) is 2.60. The molecule has 0 atom stereocenters. The molecule has 0 saturated carbocycles. The van der Waals surface area contributed by atoms with E-state index in [0.717, 1.165) is 18.4 Å². The van der Waals surface area contributed by atoms with E-state index in [9.17, 15) is 4.79 Å². The summed E-state index contributed by atoms with van der Waals surface area (Å²) in [5, 5.41) is 7.75. The summed E-state index contributed by atoms with van der Waals surface area (Å²) in [6.45, 7) is 5.62. The lowest BCUT2D eigenvalue weighted by molar-refractivity contribution is 0.0255.